The van der Waals surface area contributed by atoms with Crippen LogP contribution in [0.25, 0.3) is 0 Å². The number of halogens is 1. The van der Waals surface area contributed by atoms with Crippen molar-refractivity contribution in [2.75, 3.05) is 13.7 Å². The number of amides is 1. The number of carbonyl (C=O) groups excluding carboxylic acids is 1. The predicted octanol–water partition coefficient (Wildman–Crippen LogP) is 2.19. The molecule has 0 bridgehead atoms. The number of methoxy groups -OCH3 is 1. The molecule has 2 unspecified atom stereocenters. The summed E-state index contributed by atoms with van der Waals surface area (Å²) in [7, 11) is 1.56. The maximum Gasteiger partial charge on any atom is 0.252 e. The van der Waals surface area contributed by atoms with Gasteiger partial charge in [0.15, 0.2) is 11.5 Å². The van der Waals surface area contributed by atoms with Crippen LogP contribution in [0.4, 0.5) is 0 Å². The van der Waals surface area contributed by atoms with Crippen molar-refractivity contribution in [2.45, 2.75) is 38.9 Å². The summed E-state index contributed by atoms with van der Waals surface area (Å²) in [5.41, 5.74) is 6.64. The second-order valence-corrected chi connectivity index (χ2v) is 6.14. The molecule has 1 aliphatic heterocycles. The molecule has 7 heteroatoms. The SMILES string of the molecule is CCCOc1c(Br)cc(C(=O)NC2CC(C)NN2)cc1OC. The Labute approximate surface area is 139 Å². The van der Waals surface area contributed by atoms with Crippen molar-refractivity contribution < 1.29 is 14.3 Å². The summed E-state index contributed by atoms with van der Waals surface area (Å²) in [5.74, 6) is 1.00. The highest BCUT2D eigenvalue weighted by atomic mass is 79.9. The minimum absolute atomic E-state index is 0.0803. The van der Waals surface area contributed by atoms with Crippen molar-refractivity contribution in [1.29, 1.82) is 0 Å². The lowest BCUT2D eigenvalue weighted by atomic mass is 10.1. The fraction of sp³-hybridized carbons (Fsp3) is 0.533. The van der Waals surface area contributed by atoms with E-state index in [1.165, 1.54) is 0 Å². The normalized spacial score (nSPS) is 20.7. The van der Waals surface area contributed by atoms with Gasteiger partial charge < -0.3 is 14.8 Å². The minimum Gasteiger partial charge on any atom is -0.493 e. The van der Waals surface area contributed by atoms with Gasteiger partial charge in [-0.05, 0) is 47.8 Å². The number of rotatable bonds is 6. The standard InChI is InChI=1S/C15H22BrN3O3/c1-4-5-22-14-11(16)7-10(8-12(14)21-3)15(20)17-13-6-9(2)18-19-13/h7-9,13,18-19H,4-6H2,1-3H3,(H,17,20). The van der Waals surface area contributed by atoms with E-state index in [4.69, 9.17) is 9.47 Å². The number of hydrazine groups is 1. The predicted molar refractivity (Wildman–Crippen MR) is 88.1 cm³/mol. The Kier molecular flexibility index (Phi) is 6.05. The fourth-order valence-corrected chi connectivity index (χ4v) is 2.80. The Balaban J connectivity index is 2.13. The first kappa shape index (κ1) is 17.1. The molecule has 1 fully saturated rings. The van der Waals surface area contributed by atoms with Crippen LogP contribution in [0.15, 0.2) is 16.6 Å². The van der Waals surface area contributed by atoms with Gasteiger partial charge in [0.1, 0.15) is 0 Å². The average Bonchev–Trinajstić information content (AvgIpc) is 2.90. The molecule has 22 heavy (non-hydrogen) atoms. The Morgan fingerprint density at radius 3 is 2.82 bits per heavy atom. The minimum atomic E-state index is -0.158. The van der Waals surface area contributed by atoms with Gasteiger partial charge in [-0.3, -0.25) is 10.2 Å². The Hall–Kier alpha value is -1.31. The van der Waals surface area contributed by atoms with Crippen LogP contribution in [-0.2, 0) is 0 Å². The molecular formula is C15H22BrN3O3. The van der Waals surface area contributed by atoms with Crippen LogP contribution in [0.2, 0.25) is 0 Å². The van der Waals surface area contributed by atoms with E-state index in [1.807, 2.05) is 6.92 Å². The van der Waals surface area contributed by atoms with E-state index >= 15 is 0 Å². The zero-order chi connectivity index (χ0) is 16.1. The van der Waals surface area contributed by atoms with E-state index < -0.39 is 0 Å². The molecule has 6 nitrogen and oxygen atoms in total. The van der Waals surface area contributed by atoms with Gasteiger partial charge in [-0.25, -0.2) is 5.43 Å². The van der Waals surface area contributed by atoms with Crippen LogP contribution in [0, 0.1) is 0 Å². The quantitative estimate of drug-likeness (QED) is 0.714. The van der Waals surface area contributed by atoms with Crippen LogP contribution in [0.1, 0.15) is 37.0 Å². The highest BCUT2D eigenvalue weighted by molar-refractivity contribution is 9.10. The Morgan fingerprint density at radius 2 is 2.23 bits per heavy atom. The van der Waals surface area contributed by atoms with E-state index in [-0.39, 0.29) is 12.1 Å². The number of hydrogen-bond acceptors (Lipinski definition) is 5. The van der Waals surface area contributed by atoms with Gasteiger partial charge in [0.05, 0.1) is 24.4 Å². The van der Waals surface area contributed by atoms with E-state index in [2.05, 4.69) is 39.0 Å². The number of nitrogens with one attached hydrogen (secondary N) is 3. The molecule has 0 aliphatic carbocycles. The van der Waals surface area contributed by atoms with Gasteiger partial charge in [0.2, 0.25) is 0 Å². The second kappa shape index (κ2) is 7.80. The molecule has 1 aromatic carbocycles. The zero-order valence-corrected chi connectivity index (χ0v) is 14.6. The maximum atomic E-state index is 12.4. The molecule has 1 aromatic rings. The van der Waals surface area contributed by atoms with Crippen molar-refractivity contribution in [2.24, 2.45) is 0 Å². The van der Waals surface area contributed by atoms with Crippen LogP contribution in [0.5, 0.6) is 11.5 Å². The molecule has 0 saturated carbocycles. The van der Waals surface area contributed by atoms with Crippen molar-refractivity contribution in [3.8, 4) is 11.5 Å². The maximum absolute atomic E-state index is 12.4. The van der Waals surface area contributed by atoms with Crippen molar-refractivity contribution in [1.82, 2.24) is 16.2 Å². The van der Waals surface area contributed by atoms with Crippen LogP contribution >= 0.6 is 15.9 Å². The number of hydrogen-bond donors (Lipinski definition) is 3. The fourth-order valence-electron chi connectivity index (χ4n) is 2.25. The van der Waals surface area contributed by atoms with Crippen molar-refractivity contribution >= 4 is 21.8 Å². The summed E-state index contributed by atoms with van der Waals surface area (Å²) < 4.78 is 11.7. The summed E-state index contributed by atoms with van der Waals surface area (Å²) in [4.78, 5) is 12.4. The molecule has 1 amide bonds. The molecule has 122 valence electrons. The van der Waals surface area contributed by atoms with E-state index in [1.54, 1.807) is 19.2 Å². The molecule has 2 atom stereocenters. The molecule has 0 radical (unpaired) electrons. The molecule has 1 saturated heterocycles. The van der Waals surface area contributed by atoms with Crippen LogP contribution in [-0.4, -0.2) is 31.8 Å². The van der Waals surface area contributed by atoms with Gasteiger partial charge in [0.25, 0.3) is 5.91 Å². The molecule has 2 rings (SSSR count). The van der Waals surface area contributed by atoms with Crippen molar-refractivity contribution in [3.63, 3.8) is 0 Å². The summed E-state index contributed by atoms with van der Waals surface area (Å²) in [5, 5.41) is 2.94. The lowest BCUT2D eigenvalue weighted by Gasteiger charge is -2.16. The Bertz CT molecular complexity index is 539. The largest absolute Gasteiger partial charge is 0.493 e. The smallest absolute Gasteiger partial charge is 0.252 e. The molecule has 1 aliphatic rings. The summed E-state index contributed by atoms with van der Waals surface area (Å²) >= 11 is 3.45. The van der Waals surface area contributed by atoms with E-state index in [0.29, 0.717) is 34.2 Å². The summed E-state index contributed by atoms with van der Waals surface area (Å²) in [6, 6.07) is 3.77. The van der Waals surface area contributed by atoms with Gasteiger partial charge in [-0.1, -0.05) is 6.92 Å². The first-order valence-corrected chi connectivity index (χ1v) is 8.16. The first-order chi connectivity index (χ1) is 10.5. The molecule has 0 spiro atoms. The van der Waals surface area contributed by atoms with Crippen LogP contribution in [0.3, 0.4) is 0 Å². The highest BCUT2D eigenvalue weighted by Crippen LogP contribution is 2.36. The van der Waals surface area contributed by atoms with Gasteiger partial charge >= 0.3 is 0 Å². The monoisotopic (exact) mass is 371 g/mol. The lowest BCUT2D eigenvalue weighted by Crippen LogP contribution is -2.44. The van der Waals surface area contributed by atoms with E-state index in [9.17, 15) is 4.79 Å². The third-order valence-corrected chi connectivity index (χ3v) is 3.93. The molecule has 3 N–H and O–H groups in total. The Morgan fingerprint density at radius 1 is 1.45 bits per heavy atom. The summed E-state index contributed by atoms with van der Waals surface area (Å²) in [6.45, 7) is 4.68. The molecule has 0 aromatic heterocycles. The third-order valence-electron chi connectivity index (χ3n) is 3.34. The average molecular weight is 372 g/mol. The van der Waals surface area contributed by atoms with Crippen molar-refractivity contribution in [3.05, 3.63) is 22.2 Å². The third kappa shape index (κ3) is 4.12. The van der Waals surface area contributed by atoms with Gasteiger partial charge in [-0.15, -0.1) is 0 Å². The first-order valence-electron chi connectivity index (χ1n) is 7.37. The number of ether oxygens (including phenoxy) is 2. The number of benzene rings is 1. The second-order valence-electron chi connectivity index (χ2n) is 5.29. The molecule has 1 heterocycles. The molecular weight excluding hydrogens is 350 g/mol. The lowest BCUT2D eigenvalue weighted by molar-refractivity contribution is 0.0932. The van der Waals surface area contributed by atoms with Gasteiger partial charge in [0, 0.05) is 11.6 Å². The number of carbonyl (C=O) groups is 1. The zero-order valence-electron chi connectivity index (χ0n) is 13.0. The van der Waals surface area contributed by atoms with E-state index in [0.717, 1.165) is 12.8 Å². The highest BCUT2D eigenvalue weighted by Gasteiger charge is 2.23. The van der Waals surface area contributed by atoms with Crippen LogP contribution < -0.4 is 25.6 Å². The van der Waals surface area contributed by atoms with Gasteiger partial charge in [-0.2, -0.15) is 0 Å². The topological polar surface area (TPSA) is 71.6 Å². The summed E-state index contributed by atoms with van der Waals surface area (Å²) in [6.07, 6.45) is 1.65.